The first-order chi connectivity index (χ1) is 12.4. The summed E-state index contributed by atoms with van der Waals surface area (Å²) in [4.78, 5) is 24.2. The van der Waals surface area contributed by atoms with Gasteiger partial charge in [0.2, 0.25) is 0 Å². The lowest BCUT2D eigenvalue weighted by atomic mass is 10.1. The van der Waals surface area contributed by atoms with Gasteiger partial charge in [0.05, 0.1) is 17.7 Å². The number of esters is 1. The van der Waals surface area contributed by atoms with Crippen molar-refractivity contribution >= 4 is 35.1 Å². The zero-order chi connectivity index (χ0) is 19.1. The van der Waals surface area contributed by atoms with Gasteiger partial charge in [-0.1, -0.05) is 35.3 Å². The number of hydrogen-bond acceptors (Lipinski definition) is 4. The molecule has 2 aromatic carbocycles. The maximum Gasteiger partial charge on any atom is 0.340 e. The van der Waals surface area contributed by atoms with E-state index in [1.54, 1.807) is 7.11 Å². The van der Waals surface area contributed by atoms with Crippen molar-refractivity contribution in [2.24, 2.45) is 0 Å². The van der Waals surface area contributed by atoms with Gasteiger partial charge in [0, 0.05) is 11.6 Å². The van der Waals surface area contributed by atoms with Crippen molar-refractivity contribution in [3.63, 3.8) is 0 Å². The first-order valence-corrected chi connectivity index (χ1v) is 8.73. The zero-order valence-corrected chi connectivity index (χ0v) is 15.9. The molecule has 1 N–H and O–H groups in total. The second kappa shape index (κ2) is 9.46. The second-order valence-electron chi connectivity index (χ2n) is 5.56. The van der Waals surface area contributed by atoms with E-state index < -0.39 is 12.1 Å². The van der Waals surface area contributed by atoms with E-state index in [4.69, 9.17) is 32.7 Å². The highest BCUT2D eigenvalue weighted by Gasteiger charge is 2.20. The van der Waals surface area contributed by atoms with E-state index in [1.807, 2.05) is 24.3 Å². The maximum absolute atomic E-state index is 12.1. The maximum atomic E-state index is 12.1. The molecule has 5 nitrogen and oxygen atoms in total. The molecule has 26 heavy (non-hydrogen) atoms. The van der Waals surface area contributed by atoms with E-state index >= 15 is 0 Å². The fourth-order valence-corrected chi connectivity index (χ4v) is 2.68. The molecular weight excluding hydrogens is 377 g/mol. The van der Waals surface area contributed by atoms with E-state index in [1.165, 1.54) is 25.1 Å². The molecule has 0 fully saturated rings. The highest BCUT2D eigenvalue weighted by atomic mass is 35.5. The highest BCUT2D eigenvalue weighted by Crippen LogP contribution is 2.22. The van der Waals surface area contributed by atoms with Crippen LogP contribution in [0, 0.1) is 0 Å². The van der Waals surface area contributed by atoms with Crippen LogP contribution in [-0.2, 0) is 16.0 Å². The molecule has 0 saturated carbocycles. The third-order valence-electron chi connectivity index (χ3n) is 3.68. The number of carbonyl (C=O) groups is 2. The van der Waals surface area contributed by atoms with Crippen LogP contribution in [0.4, 0.5) is 0 Å². The Hall–Kier alpha value is -2.24. The molecule has 0 saturated heterocycles. The summed E-state index contributed by atoms with van der Waals surface area (Å²) in [6.07, 6.45) is -0.288. The molecule has 1 amide bonds. The summed E-state index contributed by atoms with van der Waals surface area (Å²) in [7, 11) is 1.61. The number of benzene rings is 2. The smallest absolute Gasteiger partial charge is 0.340 e. The topological polar surface area (TPSA) is 64.6 Å². The SMILES string of the molecule is COc1ccc(CCNC(=O)[C@@H](C)OC(=O)c2ccc(Cl)cc2Cl)cc1. The highest BCUT2D eigenvalue weighted by molar-refractivity contribution is 6.36. The molecule has 0 aliphatic rings. The first kappa shape index (κ1) is 20.1. The monoisotopic (exact) mass is 395 g/mol. The average Bonchev–Trinajstić information content (AvgIpc) is 2.62. The van der Waals surface area contributed by atoms with Crippen molar-refractivity contribution in [3.05, 3.63) is 63.6 Å². The van der Waals surface area contributed by atoms with Crippen LogP contribution in [0.15, 0.2) is 42.5 Å². The molecule has 0 aliphatic heterocycles. The lowest BCUT2D eigenvalue weighted by molar-refractivity contribution is -0.129. The summed E-state index contributed by atoms with van der Waals surface area (Å²) >= 11 is 11.8. The summed E-state index contributed by atoms with van der Waals surface area (Å²) in [6, 6.07) is 12.0. The summed E-state index contributed by atoms with van der Waals surface area (Å²) in [5, 5.41) is 3.33. The van der Waals surface area contributed by atoms with Crippen molar-refractivity contribution in [3.8, 4) is 5.75 Å². The van der Waals surface area contributed by atoms with Crippen molar-refractivity contribution in [2.45, 2.75) is 19.4 Å². The molecule has 0 heterocycles. The molecule has 0 radical (unpaired) electrons. The van der Waals surface area contributed by atoms with Crippen LogP contribution in [0.3, 0.4) is 0 Å². The van der Waals surface area contributed by atoms with Gasteiger partial charge in [-0.15, -0.1) is 0 Å². The summed E-state index contributed by atoms with van der Waals surface area (Å²) < 4.78 is 10.3. The minimum atomic E-state index is -0.940. The fourth-order valence-electron chi connectivity index (χ4n) is 2.20. The Bertz CT molecular complexity index is 778. The molecule has 0 aromatic heterocycles. The Morgan fingerprint density at radius 2 is 1.81 bits per heavy atom. The molecule has 138 valence electrons. The number of carbonyl (C=O) groups excluding carboxylic acids is 2. The standard InChI is InChI=1S/C19H19Cl2NO4/c1-12(26-19(24)16-8-5-14(20)11-17(16)21)18(23)22-10-9-13-3-6-15(25-2)7-4-13/h3-8,11-12H,9-10H2,1-2H3,(H,22,23)/t12-/m1/s1. The predicted octanol–water partition coefficient (Wildman–Crippen LogP) is 3.91. The Kier molecular flexibility index (Phi) is 7.30. The third-order valence-corrected chi connectivity index (χ3v) is 4.22. The molecule has 7 heteroatoms. The van der Waals surface area contributed by atoms with Gasteiger partial charge in [-0.2, -0.15) is 0 Å². The fraction of sp³-hybridized carbons (Fsp3) is 0.263. The van der Waals surface area contributed by atoms with E-state index in [2.05, 4.69) is 5.32 Å². The Balaban J connectivity index is 1.82. The van der Waals surface area contributed by atoms with Gasteiger partial charge in [0.1, 0.15) is 5.75 Å². The molecule has 2 aromatic rings. The van der Waals surface area contributed by atoms with Crippen molar-refractivity contribution in [1.82, 2.24) is 5.32 Å². The normalized spacial score (nSPS) is 11.5. The van der Waals surface area contributed by atoms with Gasteiger partial charge in [-0.25, -0.2) is 4.79 Å². The summed E-state index contributed by atoms with van der Waals surface area (Å²) in [5.74, 6) is -0.277. The lowest BCUT2D eigenvalue weighted by Crippen LogP contribution is -2.36. The summed E-state index contributed by atoms with van der Waals surface area (Å²) in [5.41, 5.74) is 1.22. The quantitative estimate of drug-likeness (QED) is 0.721. The number of rotatable bonds is 7. The van der Waals surface area contributed by atoms with E-state index in [0.29, 0.717) is 18.0 Å². The Labute approximate surface area is 162 Å². The van der Waals surface area contributed by atoms with Crippen LogP contribution in [-0.4, -0.2) is 31.6 Å². The molecule has 0 spiro atoms. The van der Waals surface area contributed by atoms with Gasteiger partial charge in [-0.05, 0) is 49.2 Å². The number of amides is 1. The van der Waals surface area contributed by atoms with Crippen molar-refractivity contribution in [1.29, 1.82) is 0 Å². The van der Waals surface area contributed by atoms with Crippen molar-refractivity contribution < 1.29 is 19.1 Å². The zero-order valence-electron chi connectivity index (χ0n) is 14.4. The molecule has 1 atom stereocenters. The van der Waals surface area contributed by atoms with Crippen LogP contribution in [0.2, 0.25) is 10.0 Å². The molecule has 0 bridgehead atoms. The van der Waals surface area contributed by atoms with Crippen LogP contribution in [0.1, 0.15) is 22.8 Å². The molecule has 0 aliphatic carbocycles. The Morgan fingerprint density at radius 1 is 1.12 bits per heavy atom. The van der Waals surface area contributed by atoms with Gasteiger partial charge >= 0.3 is 5.97 Å². The van der Waals surface area contributed by atoms with Gasteiger partial charge in [-0.3, -0.25) is 4.79 Å². The molecular formula is C19H19Cl2NO4. The number of halogens is 2. The van der Waals surface area contributed by atoms with E-state index in [0.717, 1.165) is 11.3 Å². The van der Waals surface area contributed by atoms with E-state index in [9.17, 15) is 9.59 Å². The van der Waals surface area contributed by atoms with Gasteiger partial charge in [0.15, 0.2) is 6.10 Å². The molecule has 0 unspecified atom stereocenters. The third kappa shape index (κ3) is 5.64. The number of ether oxygens (including phenoxy) is 2. The second-order valence-corrected chi connectivity index (χ2v) is 6.40. The largest absolute Gasteiger partial charge is 0.497 e. The summed E-state index contributed by atoms with van der Waals surface area (Å²) in [6.45, 7) is 1.93. The number of methoxy groups -OCH3 is 1. The first-order valence-electron chi connectivity index (χ1n) is 7.97. The van der Waals surface area contributed by atoms with Crippen LogP contribution in [0.25, 0.3) is 0 Å². The minimum absolute atomic E-state index is 0.161. The van der Waals surface area contributed by atoms with E-state index in [-0.39, 0.29) is 16.5 Å². The lowest BCUT2D eigenvalue weighted by Gasteiger charge is -2.14. The van der Waals surface area contributed by atoms with Crippen LogP contribution in [0.5, 0.6) is 5.75 Å². The average molecular weight is 396 g/mol. The predicted molar refractivity (Wildman–Crippen MR) is 101 cm³/mol. The van der Waals surface area contributed by atoms with Crippen LogP contribution < -0.4 is 10.1 Å². The van der Waals surface area contributed by atoms with Crippen molar-refractivity contribution in [2.75, 3.05) is 13.7 Å². The van der Waals surface area contributed by atoms with Gasteiger partial charge in [0.25, 0.3) is 5.91 Å². The number of nitrogens with one attached hydrogen (secondary N) is 1. The number of hydrogen-bond donors (Lipinski definition) is 1. The molecule has 2 rings (SSSR count). The Morgan fingerprint density at radius 3 is 2.42 bits per heavy atom. The van der Waals surface area contributed by atoms with Gasteiger partial charge < -0.3 is 14.8 Å². The minimum Gasteiger partial charge on any atom is -0.497 e. The van der Waals surface area contributed by atoms with Crippen LogP contribution >= 0.6 is 23.2 Å².